The molecule has 2 aromatic carbocycles. The number of carboxylic acid groups (broad SMARTS) is 1. The highest BCUT2D eigenvalue weighted by Gasteiger charge is 2.08. The summed E-state index contributed by atoms with van der Waals surface area (Å²) in [5.74, 6) is -1.02. The predicted molar refractivity (Wildman–Crippen MR) is 89.8 cm³/mol. The number of carboxylic acids is 1. The molecule has 1 heterocycles. The first kappa shape index (κ1) is 15.4. The second kappa shape index (κ2) is 5.92. The third-order valence-electron chi connectivity index (χ3n) is 3.59. The van der Waals surface area contributed by atoms with Crippen LogP contribution < -0.4 is 16.1 Å². The van der Waals surface area contributed by atoms with E-state index in [9.17, 15) is 14.7 Å². The molecule has 0 atom stereocenters. The summed E-state index contributed by atoms with van der Waals surface area (Å²) in [6, 6.07) is 12.6. The van der Waals surface area contributed by atoms with E-state index in [-0.39, 0.29) is 22.1 Å². The van der Waals surface area contributed by atoms with E-state index in [2.05, 4.69) is 11.7 Å². The highest BCUT2D eigenvalue weighted by molar-refractivity contribution is 5.88. The van der Waals surface area contributed by atoms with E-state index in [1.54, 1.807) is 30.3 Å². The van der Waals surface area contributed by atoms with Crippen molar-refractivity contribution in [2.75, 3.05) is 0 Å². The molecule has 0 fully saturated rings. The van der Waals surface area contributed by atoms with E-state index in [1.165, 1.54) is 29.0 Å². The number of nitrogens with zero attached hydrogens (tertiary/aromatic N) is 1. The van der Waals surface area contributed by atoms with Gasteiger partial charge in [0.2, 0.25) is 0 Å². The molecule has 120 valence electrons. The number of nitrogens with one attached hydrogen (secondary N) is 1. The number of hydrogen-bond donors (Lipinski definition) is 3. The fourth-order valence-corrected chi connectivity index (χ4v) is 2.37. The number of aromatic hydroxyl groups is 1. The fraction of sp³-hybridized carbons (Fsp3) is 0. The number of carbonyl (C=O) groups is 1. The van der Waals surface area contributed by atoms with Crippen molar-refractivity contribution in [2.24, 2.45) is 0 Å². The number of H-pyrrole nitrogens is 1. The van der Waals surface area contributed by atoms with Gasteiger partial charge < -0.3 is 10.2 Å². The molecule has 6 heteroatoms. The number of aromatic carboxylic acids is 1. The zero-order valence-corrected chi connectivity index (χ0v) is 12.6. The van der Waals surface area contributed by atoms with Gasteiger partial charge in [-0.1, -0.05) is 30.8 Å². The second-order valence-electron chi connectivity index (χ2n) is 5.20. The first-order valence-corrected chi connectivity index (χ1v) is 7.11. The first-order valence-electron chi connectivity index (χ1n) is 7.11. The van der Waals surface area contributed by atoms with E-state index in [1.807, 2.05) is 0 Å². The van der Waals surface area contributed by atoms with Gasteiger partial charge in [0, 0.05) is 5.56 Å². The standard InChI is InChI=1S/C18H14N2O4/c1-11-15(10-12-5-2-3-8-16(12)21)17(22)20(19-11)14-7-4-6-13(9-14)18(23)24/h2-10,19,21H,1H2,(H,23,24)/b15-10+. The smallest absolute Gasteiger partial charge is 0.335 e. The van der Waals surface area contributed by atoms with Crippen LogP contribution in [-0.4, -0.2) is 26.0 Å². The van der Waals surface area contributed by atoms with Gasteiger partial charge in [-0.3, -0.25) is 9.89 Å². The molecule has 0 bridgehead atoms. The topological polar surface area (TPSA) is 95.3 Å². The second-order valence-corrected chi connectivity index (χ2v) is 5.20. The van der Waals surface area contributed by atoms with Crippen molar-refractivity contribution in [1.29, 1.82) is 0 Å². The minimum atomic E-state index is -1.08. The number of aromatic amines is 1. The van der Waals surface area contributed by atoms with Gasteiger partial charge in [-0.2, -0.15) is 0 Å². The molecule has 3 aromatic rings. The normalized spacial score (nSPS) is 11.6. The lowest BCUT2D eigenvalue weighted by Crippen LogP contribution is -2.34. The predicted octanol–water partition coefficient (Wildman–Crippen LogP) is 0.808. The lowest BCUT2D eigenvalue weighted by atomic mass is 10.1. The number of benzene rings is 2. The molecule has 3 rings (SSSR count). The van der Waals surface area contributed by atoms with E-state index >= 15 is 0 Å². The molecule has 3 N–H and O–H groups in total. The van der Waals surface area contributed by atoms with Crippen molar-refractivity contribution in [3.8, 4) is 11.4 Å². The van der Waals surface area contributed by atoms with Crippen molar-refractivity contribution < 1.29 is 15.0 Å². The van der Waals surface area contributed by atoms with Gasteiger partial charge in [0.25, 0.3) is 5.56 Å². The Bertz CT molecular complexity index is 1090. The Morgan fingerprint density at radius 1 is 1.17 bits per heavy atom. The summed E-state index contributed by atoms with van der Waals surface area (Å²) >= 11 is 0. The maximum atomic E-state index is 12.6. The molecule has 0 spiro atoms. The van der Waals surface area contributed by atoms with Crippen LogP contribution in [-0.2, 0) is 0 Å². The molecule has 0 aliphatic heterocycles. The molecule has 24 heavy (non-hydrogen) atoms. The van der Waals surface area contributed by atoms with Gasteiger partial charge in [0.15, 0.2) is 0 Å². The first-order chi connectivity index (χ1) is 11.5. The Morgan fingerprint density at radius 3 is 2.62 bits per heavy atom. The summed E-state index contributed by atoms with van der Waals surface area (Å²) in [5.41, 5.74) is 0.573. The molecular formula is C18H14N2O4. The van der Waals surface area contributed by atoms with Crippen LogP contribution in [0, 0.1) is 0 Å². The van der Waals surface area contributed by atoms with Crippen molar-refractivity contribution >= 4 is 18.6 Å². The highest BCUT2D eigenvalue weighted by atomic mass is 16.4. The van der Waals surface area contributed by atoms with Crippen LogP contribution >= 0.6 is 0 Å². The molecular weight excluding hydrogens is 308 g/mol. The Kier molecular flexibility index (Phi) is 3.79. The average Bonchev–Trinajstić information content (AvgIpc) is 2.85. The summed E-state index contributed by atoms with van der Waals surface area (Å²) in [5, 5.41) is 22.4. The van der Waals surface area contributed by atoms with Crippen LogP contribution in [0.3, 0.4) is 0 Å². The number of para-hydroxylation sites is 1. The summed E-state index contributed by atoms with van der Waals surface area (Å²) in [7, 11) is 0. The SMILES string of the molecule is C=c1[nH]n(-c2cccc(C(=O)O)c2)c(=O)/c1=C/c1ccccc1O. The Balaban J connectivity index is 2.20. The van der Waals surface area contributed by atoms with Crippen molar-refractivity contribution in [3.63, 3.8) is 0 Å². The number of aromatic nitrogens is 2. The Hall–Kier alpha value is -3.54. The van der Waals surface area contributed by atoms with Crippen LogP contribution in [0.2, 0.25) is 0 Å². The van der Waals surface area contributed by atoms with Crippen LogP contribution in [0.5, 0.6) is 5.75 Å². The molecule has 0 aliphatic carbocycles. The van der Waals surface area contributed by atoms with Crippen molar-refractivity contribution in [3.05, 3.63) is 80.6 Å². The minimum absolute atomic E-state index is 0.0527. The Morgan fingerprint density at radius 2 is 1.92 bits per heavy atom. The molecule has 1 aromatic heterocycles. The van der Waals surface area contributed by atoms with Crippen LogP contribution in [0.15, 0.2) is 53.3 Å². The van der Waals surface area contributed by atoms with Gasteiger partial charge >= 0.3 is 5.97 Å². The van der Waals surface area contributed by atoms with E-state index in [0.29, 0.717) is 16.6 Å². The van der Waals surface area contributed by atoms with E-state index in [0.717, 1.165) is 0 Å². The third-order valence-corrected chi connectivity index (χ3v) is 3.59. The zero-order valence-electron chi connectivity index (χ0n) is 12.6. The van der Waals surface area contributed by atoms with Gasteiger partial charge in [0.05, 0.1) is 21.8 Å². The quantitative estimate of drug-likeness (QED) is 0.665. The van der Waals surface area contributed by atoms with E-state index in [4.69, 9.17) is 5.11 Å². The number of phenols is 1. The molecule has 0 radical (unpaired) electrons. The highest BCUT2D eigenvalue weighted by Crippen LogP contribution is 2.15. The maximum Gasteiger partial charge on any atom is 0.335 e. The molecule has 0 saturated heterocycles. The van der Waals surface area contributed by atoms with E-state index < -0.39 is 5.97 Å². The molecule has 0 amide bonds. The lowest BCUT2D eigenvalue weighted by molar-refractivity contribution is 0.0697. The fourth-order valence-electron chi connectivity index (χ4n) is 2.37. The average molecular weight is 322 g/mol. The van der Waals surface area contributed by atoms with Gasteiger partial charge in [0.1, 0.15) is 5.75 Å². The van der Waals surface area contributed by atoms with Crippen molar-refractivity contribution in [2.45, 2.75) is 0 Å². The molecule has 0 aliphatic rings. The van der Waals surface area contributed by atoms with Crippen LogP contribution in [0.25, 0.3) is 18.3 Å². The maximum absolute atomic E-state index is 12.6. The summed E-state index contributed by atoms with van der Waals surface area (Å²) in [6.07, 6.45) is 1.54. The van der Waals surface area contributed by atoms with Crippen molar-refractivity contribution in [1.82, 2.24) is 9.78 Å². The largest absolute Gasteiger partial charge is 0.507 e. The number of phenolic OH excluding ortho intramolecular Hbond substituents is 1. The summed E-state index contributed by atoms with van der Waals surface area (Å²) in [4.78, 5) is 23.7. The Labute approximate surface area is 136 Å². The number of rotatable bonds is 3. The zero-order chi connectivity index (χ0) is 17.3. The van der Waals surface area contributed by atoms with Gasteiger partial charge in [-0.05, 0) is 30.3 Å². The summed E-state index contributed by atoms with van der Waals surface area (Å²) < 4.78 is 1.22. The third kappa shape index (κ3) is 2.72. The minimum Gasteiger partial charge on any atom is -0.507 e. The van der Waals surface area contributed by atoms with Crippen LogP contribution in [0.1, 0.15) is 15.9 Å². The monoisotopic (exact) mass is 322 g/mol. The molecule has 6 nitrogen and oxygen atoms in total. The molecule has 0 saturated carbocycles. The van der Waals surface area contributed by atoms with Gasteiger partial charge in [-0.15, -0.1) is 0 Å². The number of hydrogen-bond acceptors (Lipinski definition) is 3. The van der Waals surface area contributed by atoms with Gasteiger partial charge in [-0.25, -0.2) is 9.48 Å². The van der Waals surface area contributed by atoms with Crippen LogP contribution in [0.4, 0.5) is 0 Å². The lowest BCUT2D eigenvalue weighted by Gasteiger charge is -2.02. The summed E-state index contributed by atoms with van der Waals surface area (Å²) in [6.45, 7) is 3.81. The molecule has 0 unspecified atom stereocenters.